The van der Waals surface area contributed by atoms with E-state index in [0.29, 0.717) is 18.0 Å². The van der Waals surface area contributed by atoms with Gasteiger partial charge in [0.25, 0.3) is 5.91 Å². The smallest absolute Gasteiger partial charge is 0.261 e. The Labute approximate surface area is 198 Å². The quantitative estimate of drug-likeness (QED) is 0.412. The number of amides is 1. The molecule has 2 aromatic carbocycles. The van der Waals surface area contributed by atoms with Crippen LogP contribution in [0.4, 0.5) is 0 Å². The van der Waals surface area contributed by atoms with Crippen LogP contribution < -0.4 is 10.6 Å². The highest BCUT2D eigenvalue weighted by molar-refractivity contribution is 9.12. The lowest BCUT2D eigenvalue weighted by Crippen LogP contribution is -2.34. The average molecular weight is 506 g/mol. The standard InChI is InChI=1S/C25H20BrN3O2S/c26-19-14-29-24-18(19)11-16(17-6-2-3-7-21(17)30)12-20(24)27-9-10-28-25(31)23-13-15-5-1-4-8-22(15)32-23/h1-8,11-14,24,27,30H,9-10H2,(H,28,31). The minimum atomic E-state index is -0.114. The van der Waals surface area contributed by atoms with Crippen molar-refractivity contribution in [1.82, 2.24) is 10.6 Å². The van der Waals surface area contributed by atoms with Gasteiger partial charge in [-0.3, -0.25) is 9.79 Å². The van der Waals surface area contributed by atoms with Gasteiger partial charge in [-0.15, -0.1) is 11.3 Å². The van der Waals surface area contributed by atoms with E-state index in [2.05, 4.69) is 31.6 Å². The minimum absolute atomic E-state index is 0.0670. The van der Waals surface area contributed by atoms with Gasteiger partial charge in [0.15, 0.2) is 0 Å². The summed E-state index contributed by atoms with van der Waals surface area (Å²) in [4.78, 5) is 17.8. The van der Waals surface area contributed by atoms with E-state index in [4.69, 9.17) is 0 Å². The third-order valence-electron chi connectivity index (χ3n) is 5.43. The molecule has 160 valence electrons. The molecule has 5 nitrogen and oxygen atoms in total. The lowest BCUT2D eigenvalue weighted by molar-refractivity contribution is 0.0958. The summed E-state index contributed by atoms with van der Waals surface area (Å²) in [5.74, 6) is 0.168. The Morgan fingerprint density at radius 1 is 1.09 bits per heavy atom. The number of benzene rings is 2. The van der Waals surface area contributed by atoms with Crippen molar-refractivity contribution >= 4 is 55.0 Å². The number of phenolic OH excluding ortho intramolecular Hbond substituents is 1. The second kappa shape index (κ2) is 8.76. The van der Waals surface area contributed by atoms with E-state index in [9.17, 15) is 9.90 Å². The number of hydrogen-bond donors (Lipinski definition) is 3. The Kier molecular flexibility index (Phi) is 5.68. The number of carbonyl (C=O) groups excluding carboxylic acids is 1. The highest BCUT2D eigenvalue weighted by atomic mass is 79.9. The van der Waals surface area contributed by atoms with Gasteiger partial charge in [-0.2, -0.15) is 0 Å². The summed E-state index contributed by atoms with van der Waals surface area (Å²) in [5.41, 5.74) is 3.65. The van der Waals surface area contributed by atoms with E-state index < -0.39 is 0 Å². The second-order valence-electron chi connectivity index (χ2n) is 7.53. The van der Waals surface area contributed by atoms with E-state index >= 15 is 0 Å². The summed E-state index contributed by atoms with van der Waals surface area (Å²) >= 11 is 5.08. The molecule has 1 aromatic heterocycles. The molecular formula is C25H20BrN3O2S. The van der Waals surface area contributed by atoms with Gasteiger partial charge < -0.3 is 15.7 Å². The summed E-state index contributed by atoms with van der Waals surface area (Å²) in [7, 11) is 0. The van der Waals surface area contributed by atoms with Crippen molar-refractivity contribution in [3.63, 3.8) is 0 Å². The van der Waals surface area contributed by atoms with Crippen LogP contribution in [0.2, 0.25) is 0 Å². The van der Waals surface area contributed by atoms with Crippen molar-refractivity contribution in [2.75, 3.05) is 13.1 Å². The first-order chi connectivity index (χ1) is 15.6. The number of halogens is 1. The summed E-state index contributed by atoms with van der Waals surface area (Å²) in [5, 5.41) is 17.8. The molecule has 0 radical (unpaired) electrons. The molecule has 3 N–H and O–H groups in total. The van der Waals surface area contributed by atoms with Gasteiger partial charge in [-0.25, -0.2) is 0 Å². The van der Waals surface area contributed by atoms with Crippen molar-refractivity contribution in [2.24, 2.45) is 4.99 Å². The molecule has 0 bridgehead atoms. The molecule has 32 heavy (non-hydrogen) atoms. The summed E-state index contributed by atoms with van der Waals surface area (Å²) in [6.07, 6.45) is 5.87. The van der Waals surface area contributed by atoms with Crippen molar-refractivity contribution < 1.29 is 9.90 Å². The number of allylic oxidation sites excluding steroid dienone is 3. The van der Waals surface area contributed by atoms with Crippen LogP contribution in [0.15, 0.2) is 87.5 Å². The van der Waals surface area contributed by atoms with Crippen LogP contribution in [0.5, 0.6) is 5.75 Å². The largest absolute Gasteiger partial charge is 0.507 e. The zero-order chi connectivity index (χ0) is 22.1. The number of para-hydroxylation sites is 1. The van der Waals surface area contributed by atoms with E-state index in [1.807, 2.05) is 60.8 Å². The van der Waals surface area contributed by atoms with E-state index in [0.717, 1.165) is 37.0 Å². The summed E-state index contributed by atoms with van der Waals surface area (Å²) < 4.78 is 2.04. The Morgan fingerprint density at radius 2 is 1.91 bits per heavy atom. The molecule has 0 fully saturated rings. The summed E-state index contributed by atoms with van der Waals surface area (Å²) in [6, 6.07) is 17.1. The number of rotatable bonds is 6. The molecule has 7 heteroatoms. The maximum Gasteiger partial charge on any atom is 0.261 e. The first-order valence-electron chi connectivity index (χ1n) is 10.3. The van der Waals surface area contributed by atoms with Gasteiger partial charge >= 0.3 is 0 Å². The van der Waals surface area contributed by atoms with Gasteiger partial charge in [0, 0.05) is 39.7 Å². The van der Waals surface area contributed by atoms with E-state index in [1.54, 1.807) is 12.1 Å². The molecule has 5 rings (SSSR count). The number of thiophene rings is 1. The normalized spacial score (nSPS) is 17.2. The van der Waals surface area contributed by atoms with Gasteiger partial charge in [-0.1, -0.05) is 36.4 Å². The van der Waals surface area contributed by atoms with Crippen LogP contribution in [-0.4, -0.2) is 36.4 Å². The third kappa shape index (κ3) is 4.01. The number of nitrogens with one attached hydrogen (secondary N) is 2. The van der Waals surface area contributed by atoms with Crippen LogP contribution in [0.25, 0.3) is 15.7 Å². The Hall–Kier alpha value is -3.16. The van der Waals surface area contributed by atoms with Crippen molar-refractivity contribution in [1.29, 1.82) is 0 Å². The topological polar surface area (TPSA) is 73.7 Å². The van der Waals surface area contributed by atoms with Crippen molar-refractivity contribution in [3.05, 3.63) is 92.9 Å². The molecule has 2 heterocycles. The first kappa shape index (κ1) is 20.7. The molecule has 0 spiro atoms. The lowest BCUT2D eigenvalue weighted by atomic mass is 9.91. The van der Waals surface area contributed by atoms with E-state index in [1.165, 1.54) is 11.3 Å². The third-order valence-corrected chi connectivity index (χ3v) is 7.21. The lowest BCUT2D eigenvalue weighted by Gasteiger charge is -2.23. The summed E-state index contributed by atoms with van der Waals surface area (Å²) in [6.45, 7) is 1.05. The molecule has 1 aliphatic heterocycles. The van der Waals surface area contributed by atoms with Crippen LogP contribution in [0.3, 0.4) is 0 Å². The number of aromatic hydroxyl groups is 1. The van der Waals surface area contributed by atoms with Crippen molar-refractivity contribution in [2.45, 2.75) is 6.04 Å². The van der Waals surface area contributed by atoms with Crippen LogP contribution in [0.1, 0.15) is 15.2 Å². The van der Waals surface area contributed by atoms with Gasteiger partial charge in [0.1, 0.15) is 11.8 Å². The number of hydrogen-bond acceptors (Lipinski definition) is 5. The number of carbonyl (C=O) groups is 1. The number of nitrogens with zero attached hydrogens (tertiary/aromatic N) is 1. The Balaban J connectivity index is 1.27. The monoisotopic (exact) mass is 505 g/mol. The number of aliphatic imine (C=N–C) groups is 1. The van der Waals surface area contributed by atoms with Gasteiger partial charge in [0.2, 0.25) is 0 Å². The molecule has 2 aliphatic rings. The highest BCUT2D eigenvalue weighted by Gasteiger charge is 2.27. The molecule has 1 amide bonds. The Morgan fingerprint density at radius 3 is 2.75 bits per heavy atom. The first-order valence-corrected chi connectivity index (χ1v) is 11.9. The van der Waals surface area contributed by atoms with Gasteiger partial charge in [0.05, 0.1) is 4.88 Å². The zero-order valence-electron chi connectivity index (χ0n) is 17.0. The maximum absolute atomic E-state index is 12.5. The molecule has 3 aromatic rings. The maximum atomic E-state index is 12.5. The zero-order valence-corrected chi connectivity index (χ0v) is 19.4. The predicted molar refractivity (Wildman–Crippen MR) is 135 cm³/mol. The molecule has 0 saturated carbocycles. The fraction of sp³-hybridized carbons (Fsp3) is 0.120. The Bertz CT molecular complexity index is 1300. The molecule has 1 atom stereocenters. The second-order valence-corrected chi connectivity index (χ2v) is 9.47. The molecule has 1 aliphatic carbocycles. The number of fused-ring (bicyclic) bond motifs is 2. The highest BCUT2D eigenvalue weighted by Crippen LogP contribution is 2.37. The molecule has 0 saturated heterocycles. The van der Waals surface area contributed by atoms with Crippen LogP contribution in [-0.2, 0) is 0 Å². The predicted octanol–water partition coefficient (Wildman–Crippen LogP) is 5.01. The fourth-order valence-electron chi connectivity index (χ4n) is 3.86. The molecular weight excluding hydrogens is 486 g/mol. The van der Waals surface area contributed by atoms with Crippen molar-refractivity contribution in [3.8, 4) is 5.75 Å². The fourth-order valence-corrected chi connectivity index (χ4v) is 5.29. The van der Waals surface area contributed by atoms with Crippen LogP contribution >= 0.6 is 27.3 Å². The van der Waals surface area contributed by atoms with Crippen LogP contribution in [0, 0.1) is 0 Å². The minimum Gasteiger partial charge on any atom is -0.507 e. The SMILES string of the molecule is O=C(NCCNC1=CC(c2ccccc2O)=CC2=C(Br)C=NC12)c1cc2ccccc2s1. The number of phenols is 1. The molecule has 1 unspecified atom stereocenters. The van der Waals surface area contributed by atoms with E-state index in [-0.39, 0.29) is 17.7 Å². The van der Waals surface area contributed by atoms with Gasteiger partial charge in [-0.05, 0) is 62.8 Å². The average Bonchev–Trinajstić information content (AvgIpc) is 3.41.